The molecule has 0 bridgehead atoms. The van der Waals surface area contributed by atoms with Crippen molar-refractivity contribution in [3.05, 3.63) is 65.5 Å². The predicted octanol–water partition coefficient (Wildman–Crippen LogP) is 3.69. The minimum absolute atomic E-state index is 0.173. The summed E-state index contributed by atoms with van der Waals surface area (Å²) >= 11 is 0. The Bertz CT molecular complexity index is 525. The number of hydrogen-bond acceptors (Lipinski definition) is 2. The first kappa shape index (κ1) is 13.6. The van der Waals surface area contributed by atoms with Crippen LogP contribution < -0.4 is 10.1 Å². The molecule has 2 aromatic carbocycles. The summed E-state index contributed by atoms with van der Waals surface area (Å²) in [5.41, 5.74) is 2.23. The van der Waals surface area contributed by atoms with E-state index in [4.69, 9.17) is 4.74 Å². The lowest BCUT2D eigenvalue weighted by atomic mass is 10.1. The van der Waals surface area contributed by atoms with Gasteiger partial charge in [-0.25, -0.2) is 4.39 Å². The van der Waals surface area contributed by atoms with E-state index in [-0.39, 0.29) is 11.9 Å². The van der Waals surface area contributed by atoms with E-state index in [0.717, 1.165) is 23.4 Å². The topological polar surface area (TPSA) is 21.3 Å². The van der Waals surface area contributed by atoms with E-state index in [9.17, 15) is 4.39 Å². The standard InChI is InChI=1S/C16H18FNO/c1-12(14-6-8-15(17)9-7-14)18-11-13-4-3-5-16(10-13)19-2/h3-10,12,18H,11H2,1-2H3/t12-/m0/s1. The summed E-state index contributed by atoms with van der Waals surface area (Å²) in [5, 5.41) is 3.41. The Morgan fingerprint density at radius 2 is 1.89 bits per heavy atom. The Hall–Kier alpha value is -1.87. The molecule has 2 rings (SSSR count). The minimum Gasteiger partial charge on any atom is -0.497 e. The van der Waals surface area contributed by atoms with Gasteiger partial charge in [0.1, 0.15) is 11.6 Å². The molecule has 0 aliphatic heterocycles. The molecule has 0 amide bonds. The molecular formula is C16H18FNO. The van der Waals surface area contributed by atoms with E-state index in [2.05, 4.69) is 12.2 Å². The maximum absolute atomic E-state index is 12.8. The van der Waals surface area contributed by atoms with Crippen LogP contribution in [0.4, 0.5) is 4.39 Å². The van der Waals surface area contributed by atoms with Crippen LogP contribution in [0, 0.1) is 5.82 Å². The number of halogens is 1. The first-order valence-electron chi connectivity index (χ1n) is 6.31. The number of methoxy groups -OCH3 is 1. The van der Waals surface area contributed by atoms with Crippen molar-refractivity contribution in [2.75, 3.05) is 7.11 Å². The fourth-order valence-corrected chi connectivity index (χ4v) is 1.92. The van der Waals surface area contributed by atoms with Crippen LogP contribution in [0.25, 0.3) is 0 Å². The van der Waals surface area contributed by atoms with E-state index in [1.54, 1.807) is 19.2 Å². The molecule has 0 radical (unpaired) electrons. The Morgan fingerprint density at radius 3 is 2.58 bits per heavy atom. The van der Waals surface area contributed by atoms with Gasteiger partial charge in [0.25, 0.3) is 0 Å². The van der Waals surface area contributed by atoms with E-state index < -0.39 is 0 Å². The lowest BCUT2D eigenvalue weighted by Gasteiger charge is -2.14. The molecule has 0 aromatic heterocycles. The van der Waals surface area contributed by atoms with Crippen molar-refractivity contribution < 1.29 is 9.13 Å². The van der Waals surface area contributed by atoms with Gasteiger partial charge in [-0.15, -0.1) is 0 Å². The Kier molecular flexibility index (Phi) is 4.53. The van der Waals surface area contributed by atoms with Crippen molar-refractivity contribution in [2.24, 2.45) is 0 Å². The zero-order chi connectivity index (χ0) is 13.7. The van der Waals surface area contributed by atoms with E-state index >= 15 is 0 Å². The first-order chi connectivity index (χ1) is 9.19. The molecule has 1 N–H and O–H groups in total. The predicted molar refractivity (Wildman–Crippen MR) is 74.6 cm³/mol. The highest BCUT2D eigenvalue weighted by atomic mass is 19.1. The zero-order valence-corrected chi connectivity index (χ0v) is 11.2. The SMILES string of the molecule is COc1cccc(CN[C@@H](C)c2ccc(F)cc2)c1. The van der Waals surface area contributed by atoms with Gasteiger partial charge < -0.3 is 10.1 Å². The van der Waals surface area contributed by atoms with Crippen molar-refractivity contribution >= 4 is 0 Å². The smallest absolute Gasteiger partial charge is 0.123 e. The van der Waals surface area contributed by atoms with Crippen molar-refractivity contribution in [1.82, 2.24) is 5.32 Å². The highest BCUT2D eigenvalue weighted by Crippen LogP contribution is 2.16. The molecule has 0 fully saturated rings. The van der Waals surface area contributed by atoms with Crippen LogP contribution in [0.1, 0.15) is 24.1 Å². The molecule has 100 valence electrons. The second-order valence-corrected chi connectivity index (χ2v) is 4.51. The maximum Gasteiger partial charge on any atom is 0.123 e. The van der Waals surface area contributed by atoms with Crippen molar-refractivity contribution in [3.63, 3.8) is 0 Å². The van der Waals surface area contributed by atoms with Crippen molar-refractivity contribution in [2.45, 2.75) is 19.5 Å². The fraction of sp³-hybridized carbons (Fsp3) is 0.250. The number of rotatable bonds is 5. The average molecular weight is 259 g/mol. The van der Waals surface area contributed by atoms with Crippen LogP contribution in [-0.2, 0) is 6.54 Å². The second kappa shape index (κ2) is 6.34. The lowest BCUT2D eigenvalue weighted by Crippen LogP contribution is -2.18. The second-order valence-electron chi connectivity index (χ2n) is 4.51. The minimum atomic E-state index is -0.205. The molecule has 3 heteroatoms. The Morgan fingerprint density at radius 1 is 1.16 bits per heavy atom. The third kappa shape index (κ3) is 3.80. The molecule has 0 saturated heterocycles. The summed E-state index contributed by atoms with van der Waals surface area (Å²) in [6, 6.07) is 14.7. The van der Waals surface area contributed by atoms with E-state index in [1.807, 2.05) is 24.3 Å². The molecule has 19 heavy (non-hydrogen) atoms. The number of benzene rings is 2. The fourth-order valence-electron chi connectivity index (χ4n) is 1.92. The third-order valence-electron chi connectivity index (χ3n) is 3.12. The monoisotopic (exact) mass is 259 g/mol. The average Bonchev–Trinajstić information content (AvgIpc) is 2.46. The molecule has 0 heterocycles. The van der Waals surface area contributed by atoms with Gasteiger partial charge in [-0.1, -0.05) is 24.3 Å². The van der Waals surface area contributed by atoms with Crippen LogP contribution in [0.5, 0.6) is 5.75 Å². The summed E-state index contributed by atoms with van der Waals surface area (Å²) in [5.74, 6) is 0.650. The van der Waals surface area contributed by atoms with Crippen LogP contribution in [-0.4, -0.2) is 7.11 Å². The van der Waals surface area contributed by atoms with Crippen molar-refractivity contribution in [1.29, 1.82) is 0 Å². The van der Waals surface area contributed by atoms with Crippen LogP contribution in [0.3, 0.4) is 0 Å². The molecule has 0 aliphatic rings. The molecule has 0 saturated carbocycles. The van der Waals surface area contributed by atoms with Gasteiger partial charge in [0.15, 0.2) is 0 Å². The van der Waals surface area contributed by atoms with E-state index in [1.165, 1.54) is 12.1 Å². The molecule has 2 aromatic rings. The summed E-state index contributed by atoms with van der Waals surface area (Å²) < 4.78 is 18.0. The van der Waals surface area contributed by atoms with Gasteiger partial charge >= 0.3 is 0 Å². The Labute approximate surface area is 113 Å². The lowest BCUT2D eigenvalue weighted by molar-refractivity contribution is 0.414. The Balaban J connectivity index is 1.96. The van der Waals surface area contributed by atoms with Crippen LogP contribution >= 0.6 is 0 Å². The maximum atomic E-state index is 12.8. The summed E-state index contributed by atoms with van der Waals surface area (Å²) in [6.45, 7) is 2.81. The molecule has 1 atom stereocenters. The summed E-state index contributed by atoms with van der Waals surface area (Å²) in [6.07, 6.45) is 0. The molecule has 0 aliphatic carbocycles. The molecule has 2 nitrogen and oxygen atoms in total. The van der Waals surface area contributed by atoms with E-state index in [0.29, 0.717) is 0 Å². The number of hydrogen-bond donors (Lipinski definition) is 1. The largest absolute Gasteiger partial charge is 0.497 e. The van der Waals surface area contributed by atoms with Gasteiger partial charge in [0.05, 0.1) is 7.11 Å². The summed E-state index contributed by atoms with van der Waals surface area (Å²) in [4.78, 5) is 0. The first-order valence-corrected chi connectivity index (χ1v) is 6.31. The van der Waals surface area contributed by atoms with Crippen LogP contribution in [0.2, 0.25) is 0 Å². The van der Waals surface area contributed by atoms with Crippen molar-refractivity contribution in [3.8, 4) is 5.75 Å². The van der Waals surface area contributed by atoms with Gasteiger partial charge in [0.2, 0.25) is 0 Å². The van der Waals surface area contributed by atoms with Gasteiger partial charge in [-0.3, -0.25) is 0 Å². The van der Waals surface area contributed by atoms with Gasteiger partial charge in [0, 0.05) is 12.6 Å². The summed E-state index contributed by atoms with van der Waals surface area (Å²) in [7, 11) is 1.66. The van der Waals surface area contributed by atoms with Crippen LogP contribution in [0.15, 0.2) is 48.5 Å². The zero-order valence-electron chi connectivity index (χ0n) is 11.2. The number of ether oxygens (including phenoxy) is 1. The highest BCUT2D eigenvalue weighted by molar-refractivity contribution is 5.28. The molecule has 0 unspecified atom stereocenters. The van der Waals surface area contributed by atoms with Gasteiger partial charge in [-0.05, 0) is 42.3 Å². The normalized spacial score (nSPS) is 12.2. The molecule has 0 spiro atoms. The van der Waals surface area contributed by atoms with Gasteiger partial charge in [-0.2, -0.15) is 0 Å². The molecular weight excluding hydrogens is 241 g/mol. The highest BCUT2D eigenvalue weighted by Gasteiger charge is 2.05. The quantitative estimate of drug-likeness (QED) is 0.884. The number of nitrogens with one attached hydrogen (secondary N) is 1. The third-order valence-corrected chi connectivity index (χ3v) is 3.12.